The molecule has 0 saturated heterocycles. The van der Waals surface area contributed by atoms with Crippen LogP contribution in [0.3, 0.4) is 0 Å². The van der Waals surface area contributed by atoms with Crippen molar-refractivity contribution >= 4 is 34.8 Å². The number of rotatable bonds is 6. The molecule has 26 heavy (non-hydrogen) atoms. The van der Waals surface area contributed by atoms with Crippen LogP contribution in [0, 0.1) is 5.82 Å². The summed E-state index contributed by atoms with van der Waals surface area (Å²) in [7, 11) is 2.87. The highest BCUT2D eigenvalue weighted by Gasteiger charge is 2.22. The zero-order valence-electron chi connectivity index (χ0n) is 14.5. The molecule has 6 nitrogen and oxygen atoms in total. The normalized spacial score (nSPS) is 10.2. The van der Waals surface area contributed by atoms with Gasteiger partial charge in [-0.25, -0.2) is 4.39 Å². The monoisotopic (exact) mass is 380 g/mol. The quantitative estimate of drug-likeness (QED) is 0.833. The number of methoxy groups -OCH3 is 2. The molecule has 8 heteroatoms. The number of anilines is 2. The van der Waals surface area contributed by atoms with Gasteiger partial charge in [0, 0.05) is 24.7 Å². The Balaban J connectivity index is 2.27. The molecule has 1 N–H and O–H groups in total. The zero-order chi connectivity index (χ0) is 19.3. The second-order valence-corrected chi connectivity index (χ2v) is 5.73. The standard InChI is InChI=1S/C18H18ClFN2O4/c1-11(23)22(10-18(24)21-13-6-4-12(20)5-7-13)15-9-16(25-2)14(19)8-17(15)26-3/h4-9H,10H2,1-3H3,(H,21,24). The van der Waals surface area contributed by atoms with E-state index in [2.05, 4.69) is 5.32 Å². The molecule has 2 amide bonds. The Morgan fingerprint density at radius 1 is 1.12 bits per heavy atom. The third-order valence-corrected chi connectivity index (χ3v) is 3.85. The number of nitrogens with one attached hydrogen (secondary N) is 1. The van der Waals surface area contributed by atoms with Crippen molar-refractivity contribution in [3.63, 3.8) is 0 Å². The molecule has 0 atom stereocenters. The molecule has 0 aliphatic heterocycles. The maximum atomic E-state index is 12.9. The summed E-state index contributed by atoms with van der Waals surface area (Å²) in [5.74, 6) is -0.579. The Hall–Kier alpha value is -2.80. The SMILES string of the molecule is COc1cc(N(CC(=O)Nc2ccc(F)cc2)C(C)=O)c(OC)cc1Cl. The lowest BCUT2D eigenvalue weighted by Crippen LogP contribution is -2.37. The molecule has 0 radical (unpaired) electrons. The van der Waals surface area contributed by atoms with E-state index in [1.807, 2.05) is 0 Å². The third kappa shape index (κ3) is 4.64. The first-order valence-electron chi connectivity index (χ1n) is 7.60. The summed E-state index contributed by atoms with van der Waals surface area (Å²) in [4.78, 5) is 25.6. The van der Waals surface area contributed by atoms with Crippen LogP contribution >= 0.6 is 11.6 Å². The van der Waals surface area contributed by atoms with Crippen LogP contribution in [-0.4, -0.2) is 32.6 Å². The summed E-state index contributed by atoms with van der Waals surface area (Å²) in [6.45, 7) is 1.06. The Kier molecular flexibility index (Phi) is 6.41. The lowest BCUT2D eigenvalue weighted by Gasteiger charge is -2.23. The van der Waals surface area contributed by atoms with Crippen LogP contribution in [0.1, 0.15) is 6.92 Å². The van der Waals surface area contributed by atoms with Crippen LogP contribution in [-0.2, 0) is 9.59 Å². The molecule has 0 saturated carbocycles. The Labute approximate surface area is 155 Å². The molecule has 2 aromatic rings. The van der Waals surface area contributed by atoms with Gasteiger partial charge in [-0.1, -0.05) is 11.6 Å². The van der Waals surface area contributed by atoms with E-state index in [9.17, 15) is 14.0 Å². The molecule has 0 aliphatic carbocycles. The minimum Gasteiger partial charge on any atom is -0.495 e. The van der Waals surface area contributed by atoms with E-state index in [1.165, 1.54) is 62.4 Å². The fraction of sp³-hybridized carbons (Fsp3) is 0.222. The first-order valence-corrected chi connectivity index (χ1v) is 7.98. The topological polar surface area (TPSA) is 67.9 Å². The first kappa shape index (κ1) is 19.5. The number of amides is 2. The third-order valence-electron chi connectivity index (χ3n) is 3.55. The number of carbonyl (C=O) groups excluding carboxylic acids is 2. The van der Waals surface area contributed by atoms with Gasteiger partial charge in [0.1, 0.15) is 23.9 Å². The van der Waals surface area contributed by atoms with Gasteiger partial charge in [-0.3, -0.25) is 14.5 Å². The highest BCUT2D eigenvalue weighted by molar-refractivity contribution is 6.32. The van der Waals surface area contributed by atoms with Crippen molar-refractivity contribution in [2.45, 2.75) is 6.92 Å². The maximum absolute atomic E-state index is 12.9. The molecule has 0 bridgehead atoms. The number of nitrogens with zero attached hydrogens (tertiary/aromatic N) is 1. The van der Waals surface area contributed by atoms with E-state index in [1.54, 1.807) is 0 Å². The predicted octanol–water partition coefficient (Wildman–Crippen LogP) is 3.49. The van der Waals surface area contributed by atoms with Crippen molar-refractivity contribution in [2.24, 2.45) is 0 Å². The second kappa shape index (κ2) is 8.53. The smallest absolute Gasteiger partial charge is 0.244 e. The van der Waals surface area contributed by atoms with Gasteiger partial charge in [0.15, 0.2) is 0 Å². The molecule has 0 aromatic heterocycles. The van der Waals surface area contributed by atoms with Gasteiger partial charge in [0.05, 0.1) is 24.9 Å². The van der Waals surface area contributed by atoms with E-state index in [-0.39, 0.29) is 12.5 Å². The Morgan fingerprint density at radius 2 is 1.73 bits per heavy atom. The van der Waals surface area contributed by atoms with Crippen molar-refractivity contribution in [2.75, 3.05) is 31.0 Å². The fourth-order valence-corrected chi connectivity index (χ4v) is 2.53. The highest BCUT2D eigenvalue weighted by Crippen LogP contribution is 2.38. The van der Waals surface area contributed by atoms with Gasteiger partial charge in [0.25, 0.3) is 0 Å². The second-order valence-electron chi connectivity index (χ2n) is 5.32. The number of carbonyl (C=O) groups is 2. The molecule has 2 aromatic carbocycles. The molecule has 0 unspecified atom stereocenters. The molecule has 0 spiro atoms. The van der Waals surface area contributed by atoms with Crippen LogP contribution in [0.15, 0.2) is 36.4 Å². The minimum atomic E-state index is -0.456. The average Bonchev–Trinajstić information content (AvgIpc) is 2.61. The van der Waals surface area contributed by atoms with Crippen LogP contribution in [0.2, 0.25) is 5.02 Å². The summed E-state index contributed by atoms with van der Waals surface area (Å²) in [5.41, 5.74) is 0.760. The lowest BCUT2D eigenvalue weighted by atomic mass is 10.2. The number of hydrogen-bond donors (Lipinski definition) is 1. The number of halogens is 2. The Bertz CT molecular complexity index is 812. The van der Waals surface area contributed by atoms with Gasteiger partial charge < -0.3 is 14.8 Å². The number of benzene rings is 2. The van der Waals surface area contributed by atoms with E-state index >= 15 is 0 Å². The Morgan fingerprint density at radius 3 is 2.27 bits per heavy atom. The van der Waals surface area contributed by atoms with Crippen molar-refractivity contribution in [1.29, 1.82) is 0 Å². The average molecular weight is 381 g/mol. The van der Waals surface area contributed by atoms with Crippen LogP contribution in [0.25, 0.3) is 0 Å². The van der Waals surface area contributed by atoms with Crippen LogP contribution in [0.4, 0.5) is 15.8 Å². The molecule has 2 rings (SSSR count). The van der Waals surface area contributed by atoms with Crippen molar-refractivity contribution in [1.82, 2.24) is 0 Å². The zero-order valence-corrected chi connectivity index (χ0v) is 15.3. The molecule has 0 aliphatic rings. The minimum absolute atomic E-state index is 0.270. The highest BCUT2D eigenvalue weighted by atomic mass is 35.5. The van der Waals surface area contributed by atoms with Crippen LogP contribution < -0.4 is 19.7 Å². The molecule has 138 valence electrons. The van der Waals surface area contributed by atoms with E-state index < -0.39 is 11.7 Å². The summed E-state index contributed by atoms with van der Waals surface area (Å²) in [5, 5.41) is 2.92. The van der Waals surface area contributed by atoms with E-state index in [4.69, 9.17) is 21.1 Å². The number of ether oxygens (including phenoxy) is 2. The van der Waals surface area contributed by atoms with Gasteiger partial charge in [-0.15, -0.1) is 0 Å². The fourth-order valence-electron chi connectivity index (χ4n) is 2.30. The van der Waals surface area contributed by atoms with Gasteiger partial charge in [-0.2, -0.15) is 0 Å². The largest absolute Gasteiger partial charge is 0.495 e. The van der Waals surface area contributed by atoms with E-state index in [0.717, 1.165) is 0 Å². The molecular weight excluding hydrogens is 363 g/mol. The molecular formula is C18H18ClFN2O4. The summed E-state index contributed by atoms with van der Waals surface area (Å²) in [6.07, 6.45) is 0. The van der Waals surface area contributed by atoms with Gasteiger partial charge in [-0.05, 0) is 24.3 Å². The maximum Gasteiger partial charge on any atom is 0.244 e. The molecule has 0 fully saturated rings. The lowest BCUT2D eigenvalue weighted by molar-refractivity contribution is -0.120. The predicted molar refractivity (Wildman–Crippen MR) is 97.6 cm³/mol. The van der Waals surface area contributed by atoms with E-state index in [0.29, 0.717) is 27.9 Å². The van der Waals surface area contributed by atoms with Gasteiger partial charge in [0.2, 0.25) is 11.8 Å². The van der Waals surface area contributed by atoms with Gasteiger partial charge >= 0.3 is 0 Å². The summed E-state index contributed by atoms with van der Waals surface area (Å²) >= 11 is 6.07. The molecule has 0 heterocycles. The van der Waals surface area contributed by atoms with Crippen molar-refractivity contribution in [3.8, 4) is 11.5 Å². The number of hydrogen-bond acceptors (Lipinski definition) is 4. The van der Waals surface area contributed by atoms with Crippen LogP contribution in [0.5, 0.6) is 11.5 Å². The van der Waals surface area contributed by atoms with Crippen molar-refractivity contribution < 1.29 is 23.5 Å². The summed E-state index contributed by atoms with van der Waals surface area (Å²) in [6, 6.07) is 8.34. The summed E-state index contributed by atoms with van der Waals surface area (Å²) < 4.78 is 23.4. The first-order chi connectivity index (χ1) is 12.3. The van der Waals surface area contributed by atoms with Crippen molar-refractivity contribution in [3.05, 3.63) is 47.2 Å².